The lowest BCUT2D eigenvalue weighted by Crippen LogP contribution is -2.21. The van der Waals surface area contributed by atoms with E-state index < -0.39 is 0 Å². The van der Waals surface area contributed by atoms with Crippen LogP contribution in [0.15, 0.2) is 0 Å². The number of hydrogen-bond donors (Lipinski definition) is 0. The van der Waals surface area contributed by atoms with Crippen LogP contribution < -0.4 is 0 Å². The van der Waals surface area contributed by atoms with Gasteiger partial charge in [-0.25, -0.2) is 0 Å². The quantitative estimate of drug-likeness (QED) is 0.626. The highest BCUT2D eigenvalue weighted by atomic mass is 35.5. The van der Waals surface area contributed by atoms with Crippen molar-refractivity contribution in [2.75, 3.05) is 32.3 Å². The van der Waals surface area contributed by atoms with E-state index in [1.165, 1.54) is 19.6 Å². The minimum Gasteiger partial charge on any atom is -0.366 e. The molecule has 0 fully saturated rings. The Morgan fingerprint density at radius 1 is 1.00 bits per heavy atom. The van der Waals surface area contributed by atoms with Crippen molar-refractivity contribution in [1.82, 2.24) is 4.90 Å². The number of nitrogens with zero attached hydrogens (tertiary/aromatic N) is 1. The van der Waals surface area contributed by atoms with Gasteiger partial charge in [-0.15, -0.1) is 0 Å². The molecule has 0 radical (unpaired) electrons. The Balaban J connectivity index is 0. The van der Waals surface area contributed by atoms with Crippen molar-refractivity contribution in [3.8, 4) is 0 Å². The molecule has 0 atom stereocenters. The molecule has 0 aromatic rings. The number of hydrogen-bond acceptors (Lipinski definition) is 2. The van der Waals surface area contributed by atoms with Crippen LogP contribution in [-0.2, 0) is 4.74 Å². The van der Waals surface area contributed by atoms with Crippen molar-refractivity contribution in [3.63, 3.8) is 0 Å². The van der Waals surface area contributed by atoms with E-state index in [4.69, 9.17) is 11.6 Å². The minimum absolute atomic E-state index is 0.316. The van der Waals surface area contributed by atoms with Crippen LogP contribution in [0.4, 0.5) is 0 Å². The zero-order valence-electron chi connectivity index (χ0n) is 8.77. The van der Waals surface area contributed by atoms with Crippen molar-refractivity contribution < 1.29 is 4.74 Å². The summed E-state index contributed by atoms with van der Waals surface area (Å²) in [6, 6.07) is 0.316. The maximum Gasteiger partial charge on any atom is 0.120 e. The highest BCUT2D eigenvalue weighted by Gasteiger charge is 1.89. The Labute approximate surface area is 81.8 Å². The third-order valence-corrected chi connectivity index (χ3v) is 1.78. The van der Waals surface area contributed by atoms with Crippen LogP contribution in [0.1, 0.15) is 27.7 Å². The number of halogens is 1. The number of ether oxygens (including phenoxy) is 1. The number of rotatable bonds is 5. The Bertz CT molecular complexity index is 60.0. The fourth-order valence-corrected chi connectivity index (χ4v) is 0.902. The standard InChI is InChI=1S/C6H15N.C3H7ClO/c1-4-7(5-2)6-3;1-2-5-3-4/h4-6H2,1-3H3;2-3H2,1H3. The van der Waals surface area contributed by atoms with Gasteiger partial charge >= 0.3 is 0 Å². The average Bonchev–Trinajstić information content (AvgIpc) is 2.10. The normalized spacial score (nSPS) is 9.50. The van der Waals surface area contributed by atoms with Gasteiger partial charge in [0.2, 0.25) is 0 Å². The van der Waals surface area contributed by atoms with Crippen LogP contribution >= 0.6 is 11.6 Å². The first kappa shape index (κ1) is 14.7. The lowest BCUT2D eigenvalue weighted by Gasteiger charge is -2.13. The molecule has 76 valence electrons. The summed E-state index contributed by atoms with van der Waals surface area (Å²) in [7, 11) is 0. The van der Waals surface area contributed by atoms with E-state index in [9.17, 15) is 0 Å². The lowest BCUT2D eigenvalue weighted by molar-refractivity contribution is 0.195. The molecule has 0 saturated carbocycles. The van der Waals surface area contributed by atoms with Crippen molar-refractivity contribution in [2.24, 2.45) is 0 Å². The molecule has 0 aromatic heterocycles. The number of alkyl halides is 1. The molecular formula is C9H22ClNO. The summed E-state index contributed by atoms with van der Waals surface area (Å²) in [6.45, 7) is 12.7. The largest absolute Gasteiger partial charge is 0.366 e. The lowest BCUT2D eigenvalue weighted by atomic mass is 10.5. The van der Waals surface area contributed by atoms with E-state index >= 15 is 0 Å². The molecule has 12 heavy (non-hydrogen) atoms. The van der Waals surface area contributed by atoms with Crippen LogP contribution in [0, 0.1) is 0 Å². The van der Waals surface area contributed by atoms with Gasteiger partial charge in [0, 0.05) is 6.61 Å². The van der Waals surface area contributed by atoms with Crippen LogP contribution in [0.3, 0.4) is 0 Å². The second kappa shape index (κ2) is 13.8. The maximum atomic E-state index is 5.08. The fourth-order valence-electron chi connectivity index (χ4n) is 0.748. The summed E-state index contributed by atoms with van der Waals surface area (Å²) in [5.74, 6) is 0. The third kappa shape index (κ3) is 12.8. The molecule has 0 aromatic carbocycles. The zero-order chi connectivity index (χ0) is 9.82. The van der Waals surface area contributed by atoms with E-state index in [0.29, 0.717) is 12.7 Å². The molecule has 0 bridgehead atoms. The molecule has 0 N–H and O–H groups in total. The van der Waals surface area contributed by atoms with Gasteiger partial charge in [0.1, 0.15) is 6.07 Å². The van der Waals surface area contributed by atoms with Gasteiger partial charge in [-0.2, -0.15) is 0 Å². The summed E-state index contributed by atoms with van der Waals surface area (Å²) >= 11 is 5.08. The molecule has 0 unspecified atom stereocenters. The fraction of sp³-hybridized carbons (Fsp3) is 1.00. The topological polar surface area (TPSA) is 12.5 Å². The van der Waals surface area contributed by atoms with Crippen molar-refractivity contribution in [2.45, 2.75) is 27.7 Å². The van der Waals surface area contributed by atoms with E-state index in [1.54, 1.807) is 0 Å². The third-order valence-electron chi connectivity index (χ3n) is 1.62. The summed E-state index contributed by atoms with van der Waals surface area (Å²) in [4.78, 5) is 2.38. The molecule has 0 heterocycles. The molecule has 2 nitrogen and oxygen atoms in total. The second-order valence-corrected chi connectivity index (χ2v) is 2.44. The van der Waals surface area contributed by atoms with Gasteiger partial charge in [0.25, 0.3) is 0 Å². The van der Waals surface area contributed by atoms with E-state index in [-0.39, 0.29) is 0 Å². The zero-order valence-corrected chi connectivity index (χ0v) is 9.52. The summed E-state index contributed by atoms with van der Waals surface area (Å²) in [5, 5.41) is 0. The molecule has 0 aliphatic rings. The van der Waals surface area contributed by atoms with Crippen molar-refractivity contribution in [1.29, 1.82) is 0 Å². The van der Waals surface area contributed by atoms with E-state index in [0.717, 1.165) is 0 Å². The molecule has 0 spiro atoms. The van der Waals surface area contributed by atoms with Gasteiger partial charge in [-0.3, -0.25) is 0 Å². The van der Waals surface area contributed by atoms with Crippen LogP contribution in [-0.4, -0.2) is 37.2 Å². The molecule has 0 amide bonds. The van der Waals surface area contributed by atoms with Crippen molar-refractivity contribution >= 4 is 11.6 Å². The maximum absolute atomic E-state index is 5.08. The van der Waals surface area contributed by atoms with E-state index in [1.807, 2.05) is 6.92 Å². The first-order valence-corrected chi connectivity index (χ1v) is 5.16. The van der Waals surface area contributed by atoms with Gasteiger partial charge in [0.15, 0.2) is 0 Å². The van der Waals surface area contributed by atoms with Crippen molar-refractivity contribution in [3.05, 3.63) is 0 Å². The van der Waals surface area contributed by atoms with Crippen LogP contribution in [0.5, 0.6) is 0 Å². The Morgan fingerprint density at radius 3 is 1.42 bits per heavy atom. The molecule has 0 saturated heterocycles. The smallest absolute Gasteiger partial charge is 0.120 e. The van der Waals surface area contributed by atoms with Gasteiger partial charge in [-0.1, -0.05) is 32.4 Å². The Hall–Kier alpha value is 0.210. The Morgan fingerprint density at radius 2 is 1.42 bits per heavy atom. The van der Waals surface area contributed by atoms with Gasteiger partial charge in [-0.05, 0) is 26.6 Å². The monoisotopic (exact) mass is 195 g/mol. The summed E-state index contributed by atoms with van der Waals surface area (Å²) in [5.41, 5.74) is 0. The van der Waals surface area contributed by atoms with Crippen LogP contribution in [0.25, 0.3) is 0 Å². The second-order valence-electron chi connectivity index (χ2n) is 2.22. The van der Waals surface area contributed by atoms with Gasteiger partial charge in [0.05, 0.1) is 0 Å². The highest BCUT2D eigenvalue weighted by Crippen LogP contribution is 1.81. The predicted octanol–water partition coefficient (Wildman–Crippen LogP) is 2.57. The molecule has 0 aliphatic heterocycles. The molecule has 0 aliphatic carbocycles. The van der Waals surface area contributed by atoms with Gasteiger partial charge < -0.3 is 9.64 Å². The highest BCUT2D eigenvalue weighted by molar-refractivity contribution is 6.17. The first-order chi connectivity index (χ1) is 5.76. The SMILES string of the molecule is CCN(CC)CC.CCOCCl. The predicted molar refractivity (Wildman–Crippen MR) is 55.8 cm³/mol. The Kier molecular flexibility index (Phi) is 16.9. The summed E-state index contributed by atoms with van der Waals surface area (Å²) < 4.78 is 4.60. The molecular weight excluding hydrogens is 174 g/mol. The molecule has 0 rings (SSSR count). The minimum atomic E-state index is 0.316. The molecule has 3 heteroatoms. The van der Waals surface area contributed by atoms with E-state index in [2.05, 4.69) is 30.4 Å². The summed E-state index contributed by atoms with van der Waals surface area (Å²) in [6.07, 6.45) is 0. The van der Waals surface area contributed by atoms with Crippen LogP contribution in [0.2, 0.25) is 0 Å². The first-order valence-electron chi connectivity index (χ1n) is 4.62. The average molecular weight is 196 g/mol.